The van der Waals surface area contributed by atoms with Crippen molar-refractivity contribution in [3.05, 3.63) is 120 Å². The molecule has 0 atom stereocenters. The third-order valence-corrected chi connectivity index (χ3v) is 11.6. The molecule has 0 fully saturated rings. The van der Waals surface area contributed by atoms with Crippen LogP contribution in [-0.4, -0.2) is 5.97 Å². The fourth-order valence-corrected chi connectivity index (χ4v) is 10.6. The molecule has 4 aromatic carbocycles. The van der Waals surface area contributed by atoms with Crippen molar-refractivity contribution in [2.24, 2.45) is 0 Å². The molecule has 0 aromatic heterocycles. The van der Waals surface area contributed by atoms with Gasteiger partial charge in [-0.3, -0.25) is 0 Å². The van der Waals surface area contributed by atoms with Crippen LogP contribution in [0.1, 0.15) is 6.92 Å². The molecular formula is C26H22ClO2P. The number of carbonyl (C=O) groups excluding carboxylic acids is 1. The molecular weight excluding hydrogens is 411 g/mol. The molecule has 0 bridgehead atoms. The van der Waals surface area contributed by atoms with Gasteiger partial charge in [-0.05, 0) is 0 Å². The summed E-state index contributed by atoms with van der Waals surface area (Å²) in [5.74, 6) is -0.357. The van der Waals surface area contributed by atoms with Crippen molar-refractivity contribution >= 4 is 45.6 Å². The summed E-state index contributed by atoms with van der Waals surface area (Å²) in [5, 5.41) is 4.13. The Morgan fingerprint density at radius 2 is 1.00 bits per heavy atom. The maximum atomic E-state index is 12.8. The molecule has 0 N–H and O–H groups in total. The van der Waals surface area contributed by atoms with E-state index in [1.165, 1.54) is 6.92 Å². The Balaban J connectivity index is 2.35. The number of halogens is 1. The summed E-state index contributed by atoms with van der Waals surface area (Å²) in [5.41, 5.74) is 0. The van der Waals surface area contributed by atoms with Crippen LogP contribution in [0.25, 0.3) is 0 Å². The molecule has 150 valence electrons. The number of hydrogen-bond donors (Lipinski definition) is 0. The minimum atomic E-state index is -3.97. The van der Waals surface area contributed by atoms with Crippen molar-refractivity contribution in [2.45, 2.75) is 6.92 Å². The average molecular weight is 433 g/mol. The van der Waals surface area contributed by atoms with Gasteiger partial charge in [0.25, 0.3) is 0 Å². The van der Waals surface area contributed by atoms with Gasteiger partial charge in [-0.25, -0.2) is 0 Å². The zero-order valence-electron chi connectivity index (χ0n) is 16.6. The van der Waals surface area contributed by atoms with E-state index in [1.807, 2.05) is 115 Å². The van der Waals surface area contributed by atoms with Crippen molar-refractivity contribution in [3.8, 4) is 0 Å². The van der Waals surface area contributed by atoms with Crippen molar-refractivity contribution in [2.75, 3.05) is 0 Å². The fourth-order valence-electron chi connectivity index (χ4n) is 4.26. The second-order valence-corrected chi connectivity index (χ2v) is 11.8. The zero-order chi connectivity index (χ0) is 21.1. The summed E-state index contributed by atoms with van der Waals surface area (Å²) in [6.45, 7) is -2.50. The molecule has 30 heavy (non-hydrogen) atoms. The van der Waals surface area contributed by atoms with Crippen LogP contribution in [-0.2, 0) is 9.32 Å². The minimum absolute atomic E-state index is 0.357. The number of carbonyl (C=O) groups is 1. The first-order chi connectivity index (χ1) is 14.6. The van der Waals surface area contributed by atoms with E-state index < -0.39 is 6.83 Å². The van der Waals surface area contributed by atoms with Crippen molar-refractivity contribution in [1.29, 1.82) is 0 Å². The van der Waals surface area contributed by atoms with Gasteiger partial charge in [-0.15, -0.1) is 0 Å². The van der Waals surface area contributed by atoms with Gasteiger partial charge < -0.3 is 0 Å². The number of benzene rings is 4. The van der Waals surface area contributed by atoms with E-state index >= 15 is 0 Å². The molecule has 0 saturated carbocycles. The monoisotopic (exact) mass is 432 g/mol. The van der Waals surface area contributed by atoms with Crippen molar-refractivity contribution < 1.29 is 9.32 Å². The molecule has 0 heterocycles. The van der Waals surface area contributed by atoms with Gasteiger partial charge in [0.1, 0.15) is 0 Å². The summed E-state index contributed by atoms with van der Waals surface area (Å²) < 4.78 is 6.66. The Hall–Kier alpha value is -2.93. The summed E-state index contributed by atoms with van der Waals surface area (Å²) in [7, 11) is 0. The maximum absolute atomic E-state index is 12.8. The fraction of sp³-hybridized carbons (Fsp3) is 0.0385. The van der Waals surface area contributed by atoms with Crippen molar-refractivity contribution in [3.63, 3.8) is 0 Å². The molecule has 0 aliphatic rings. The van der Waals surface area contributed by atoms with E-state index in [2.05, 4.69) is 0 Å². The molecule has 4 aromatic rings. The Kier molecular flexibility index (Phi) is 5.47. The Bertz CT molecular complexity index is 1060. The third kappa shape index (κ3) is 2.96. The van der Waals surface area contributed by atoms with E-state index in [0.717, 1.165) is 21.2 Å². The topological polar surface area (TPSA) is 26.3 Å². The first kappa shape index (κ1) is 20.3. The molecule has 4 rings (SSSR count). The molecule has 0 unspecified atom stereocenters. The Morgan fingerprint density at radius 3 is 1.37 bits per heavy atom. The van der Waals surface area contributed by atoms with Gasteiger partial charge in [0.05, 0.1) is 0 Å². The van der Waals surface area contributed by atoms with Gasteiger partial charge in [0.15, 0.2) is 0 Å². The number of rotatable bonds is 5. The SMILES string of the molecule is CC(=O)OP(c1ccccc1)(c1ccccc1)(c1ccccc1)c1ccccc1Cl. The van der Waals surface area contributed by atoms with Gasteiger partial charge in [0, 0.05) is 0 Å². The second kappa shape index (κ2) is 8.07. The third-order valence-electron chi connectivity index (χ3n) is 5.37. The quantitative estimate of drug-likeness (QED) is 0.416. The van der Waals surface area contributed by atoms with E-state index in [1.54, 1.807) is 0 Å². The molecule has 0 saturated heterocycles. The first-order valence-electron chi connectivity index (χ1n) is 9.73. The van der Waals surface area contributed by atoms with Crippen LogP contribution in [0, 0.1) is 0 Å². The van der Waals surface area contributed by atoms with Crippen LogP contribution in [0.3, 0.4) is 0 Å². The molecule has 4 heteroatoms. The summed E-state index contributed by atoms with van der Waals surface area (Å²) in [6, 6.07) is 37.6. The van der Waals surface area contributed by atoms with Crippen LogP contribution >= 0.6 is 18.4 Å². The summed E-state index contributed by atoms with van der Waals surface area (Å²) in [4.78, 5) is 12.8. The van der Waals surface area contributed by atoms with E-state index in [9.17, 15) is 4.79 Å². The van der Waals surface area contributed by atoms with Gasteiger partial charge in [-0.2, -0.15) is 0 Å². The molecule has 0 aliphatic carbocycles. The predicted molar refractivity (Wildman–Crippen MR) is 128 cm³/mol. The van der Waals surface area contributed by atoms with E-state index in [-0.39, 0.29) is 5.97 Å². The Morgan fingerprint density at radius 1 is 0.633 bits per heavy atom. The molecule has 0 radical (unpaired) electrons. The van der Waals surface area contributed by atoms with Crippen LogP contribution in [0.2, 0.25) is 5.02 Å². The van der Waals surface area contributed by atoms with E-state index in [0.29, 0.717) is 5.02 Å². The summed E-state index contributed by atoms with van der Waals surface area (Å²) in [6.07, 6.45) is 0. The van der Waals surface area contributed by atoms with Crippen LogP contribution in [0.15, 0.2) is 115 Å². The molecule has 2 nitrogen and oxygen atoms in total. The van der Waals surface area contributed by atoms with Crippen LogP contribution < -0.4 is 21.2 Å². The standard InChI is InChI=1S/C26H22ClO2P/c1-21(28)29-30(22-13-5-2-6-14-22,23-15-7-3-8-16-23,24-17-9-4-10-18-24)26-20-12-11-19-25(26)27/h2-20H,1H3. The van der Waals surface area contributed by atoms with E-state index in [4.69, 9.17) is 16.1 Å². The van der Waals surface area contributed by atoms with Crippen LogP contribution in [0.4, 0.5) is 0 Å². The Labute approximate surface area is 182 Å². The first-order valence-corrected chi connectivity index (χ1v) is 12.3. The van der Waals surface area contributed by atoms with Crippen molar-refractivity contribution in [1.82, 2.24) is 0 Å². The van der Waals surface area contributed by atoms with Gasteiger partial charge in [-0.1, -0.05) is 0 Å². The number of hydrogen-bond acceptors (Lipinski definition) is 2. The normalized spacial score (nSPS) is 12.5. The average Bonchev–Trinajstić information content (AvgIpc) is 2.80. The van der Waals surface area contributed by atoms with Gasteiger partial charge >= 0.3 is 182 Å². The second-order valence-electron chi connectivity index (χ2n) is 7.08. The van der Waals surface area contributed by atoms with Crippen LogP contribution in [0.5, 0.6) is 0 Å². The molecule has 0 spiro atoms. The molecule has 0 amide bonds. The van der Waals surface area contributed by atoms with Gasteiger partial charge in [0.2, 0.25) is 0 Å². The molecule has 0 aliphatic heterocycles. The summed E-state index contributed by atoms with van der Waals surface area (Å²) >= 11 is 6.87. The zero-order valence-corrected chi connectivity index (χ0v) is 18.3. The predicted octanol–water partition coefficient (Wildman–Crippen LogP) is 4.97.